The van der Waals surface area contributed by atoms with Crippen molar-refractivity contribution < 1.29 is 18.3 Å². The van der Waals surface area contributed by atoms with E-state index < -0.39 is 15.8 Å². The third-order valence-electron chi connectivity index (χ3n) is 6.24. The fraction of sp³-hybridized carbons (Fsp3) is 0.476. The first-order chi connectivity index (χ1) is 13.8. The Balaban J connectivity index is 1.82. The van der Waals surface area contributed by atoms with Gasteiger partial charge in [-0.1, -0.05) is 29.3 Å². The third kappa shape index (κ3) is 3.71. The number of aryl methyl sites for hydroxylation is 1. The van der Waals surface area contributed by atoms with Crippen LogP contribution < -0.4 is 0 Å². The topological polar surface area (TPSA) is 87.2 Å². The summed E-state index contributed by atoms with van der Waals surface area (Å²) in [6, 6.07) is 4.68. The lowest BCUT2D eigenvalue weighted by Gasteiger charge is -2.28. The first kappa shape index (κ1) is 20.8. The van der Waals surface area contributed by atoms with E-state index in [1.165, 1.54) is 12.1 Å². The van der Waals surface area contributed by atoms with E-state index in [1.807, 2.05) is 0 Å². The third-order valence-corrected chi connectivity index (χ3v) is 8.93. The molecule has 4 rings (SSSR count). The number of sulfone groups is 1. The van der Waals surface area contributed by atoms with Crippen LogP contribution in [-0.4, -0.2) is 24.5 Å². The molecule has 0 spiro atoms. The van der Waals surface area contributed by atoms with Gasteiger partial charge in [-0.15, -0.1) is 0 Å². The normalized spacial score (nSPS) is 22.3. The molecule has 0 bridgehead atoms. The molecule has 1 saturated carbocycles. The zero-order valence-electron chi connectivity index (χ0n) is 15.9. The average molecular weight is 456 g/mol. The van der Waals surface area contributed by atoms with E-state index >= 15 is 0 Å². The molecule has 0 radical (unpaired) electrons. The standard InChI is InChI=1S/C21H23Cl2NO4S/c22-15-5-3-6-16(23)19(15)29(27,28)20-18(14-4-1-2-7-17(14)24-20)12-8-10-13(11-9-12)21(25)26/h3,5-6,12-13,24H,1-2,4,7-11H2,(H,25,26). The number of nitrogens with one attached hydrogen (secondary N) is 1. The number of H-pyrrole nitrogens is 1. The molecule has 0 amide bonds. The van der Waals surface area contributed by atoms with Gasteiger partial charge in [-0.2, -0.15) is 0 Å². The van der Waals surface area contributed by atoms with Crippen LogP contribution in [-0.2, 0) is 27.5 Å². The van der Waals surface area contributed by atoms with E-state index in [2.05, 4.69) is 4.98 Å². The van der Waals surface area contributed by atoms with E-state index in [4.69, 9.17) is 23.2 Å². The number of benzene rings is 1. The number of carboxylic acid groups (broad SMARTS) is 1. The molecule has 2 aromatic rings. The van der Waals surface area contributed by atoms with E-state index in [0.717, 1.165) is 42.5 Å². The first-order valence-corrected chi connectivity index (χ1v) is 12.2. The fourth-order valence-corrected chi connectivity index (χ4v) is 7.49. The maximum atomic E-state index is 13.6. The molecule has 2 aliphatic carbocycles. The Morgan fingerprint density at radius 1 is 1.03 bits per heavy atom. The van der Waals surface area contributed by atoms with Crippen molar-refractivity contribution in [3.05, 3.63) is 45.1 Å². The van der Waals surface area contributed by atoms with Gasteiger partial charge in [0.2, 0.25) is 9.84 Å². The van der Waals surface area contributed by atoms with Gasteiger partial charge in [-0.05, 0) is 80.5 Å². The van der Waals surface area contributed by atoms with Gasteiger partial charge < -0.3 is 10.1 Å². The van der Waals surface area contributed by atoms with E-state index in [0.29, 0.717) is 25.7 Å². The Kier molecular flexibility index (Phi) is 5.70. The molecule has 156 valence electrons. The summed E-state index contributed by atoms with van der Waals surface area (Å²) >= 11 is 12.5. The van der Waals surface area contributed by atoms with Crippen molar-refractivity contribution in [3.8, 4) is 0 Å². The minimum Gasteiger partial charge on any atom is -0.481 e. The van der Waals surface area contributed by atoms with Gasteiger partial charge in [-0.3, -0.25) is 4.79 Å². The van der Waals surface area contributed by atoms with Gasteiger partial charge >= 0.3 is 5.97 Å². The second kappa shape index (κ2) is 7.97. The summed E-state index contributed by atoms with van der Waals surface area (Å²) in [5, 5.41) is 9.71. The molecule has 1 fully saturated rings. The molecule has 2 aliphatic rings. The number of aromatic amines is 1. The van der Waals surface area contributed by atoms with Crippen molar-refractivity contribution in [3.63, 3.8) is 0 Å². The molecule has 1 aromatic heterocycles. The Morgan fingerprint density at radius 2 is 1.66 bits per heavy atom. The number of aliphatic carboxylic acids is 1. The SMILES string of the molecule is O=C(O)C1CCC(c2c(S(=O)(=O)c3c(Cl)cccc3Cl)[nH]c3c2CCCC3)CC1. The lowest BCUT2D eigenvalue weighted by atomic mass is 9.77. The van der Waals surface area contributed by atoms with Crippen molar-refractivity contribution in [2.75, 3.05) is 0 Å². The summed E-state index contributed by atoms with van der Waals surface area (Å²) in [5.41, 5.74) is 2.91. The molecule has 0 atom stereocenters. The maximum absolute atomic E-state index is 13.6. The molecule has 1 aromatic carbocycles. The molecule has 0 saturated heterocycles. The van der Waals surface area contributed by atoms with Crippen molar-refractivity contribution in [1.82, 2.24) is 4.98 Å². The summed E-state index contributed by atoms with van der Waals surface area (Å²) in [5.74, 6) is -1.09. The minimum atomic E-state index is -3.94. The van der Waals surface area contributed by atoms with Gasteiger partial charge in [0.05, 0.1) is 16.0 Å². The van der Waals surface area contributed by atoms with Crippen molar-refractivity contribution in [2.45, 2.75) is 67.2 Å². The van der Waals surface area contributed by atoms with Crippen molar-refractivity contribution in [2.24, 2.45) is 5.92 Å². The summed E-state index contributed by atoms with van der Waals surface area (Å²) < 4.78 is 27.3. The van der Waals surface area contributed by atoms with Crippen LogP contribution in [0, 0.1) is 5.92 Å². The number of aromatic nitrogens is 1. The number of carboxylic acids is 1. The summed E-state index contributed by atoms with van der Waals surface area (Å²) in [4.78, 5) is 14.5. The quantitative estimate of drug-likeness (QED) is 0.646. The second-order valence-corrected chi connectivity index (χ2v) is 10.6. The summed E-state index contributed by atoms with van der Waals surface area (Å²) in [7, 11) is -3.94. The second-order valence-electron chi connectivity index (χ2n) is 7.97. The van der Waals surface area contributed by atoms with Crippen LogP contribution in [0.3, 0.4) is 0 Å². The zero-order valence-corrected chi connectivity index (χ0v) is 18.2. The average Bonchev–Trinajstić information content (AvgIpc) is 3.08. The fourth-order valence-electron chi connectivity index (χ4n) is 4.80. The Labute approximate surface area is 180 Å². The van der Waals surface area contributed by atoms with Gasteiger partial charge in [0.1, 0.15) is 9.92 Å². The monoisotopic (exact) mass is 455 g/mol. The van der Waals surface area contributed by atoms with Crippen LogP contribution in [0.15, 0.2) is 28.1 Å². The highest BCUT2D eigenvalue weighted by Crippen LogP contribution is 2.45. The molecular formula is C21H23Cl2NO4S. The highest BCUT2D eigenvalue weighted by Gasteiger charge is 2.37. The predicted octanol–water partition coefficient (Wildman–Crippen LogP) is 5.39. The largest absolute Gasteiger partial charge is 0.481 e. The molecule has 5 nitrogen and oxygen atoms in total. The van der Waals surface area contributed by atoms with Crippen molar-refractivity contribution in [1.29, 1.82) is 0 Å². The van der Waals surface area contributed by atoms with Crippen LogP contribution in [0.4, 0.5) is 0 Å². The van der Waals surface area contributed by atoms with Gasteiger partial charge in [0.15, 0.2) is 0 Å². The number of fused-ring (bicyclic) bond motifs is 1. The molecule has 29 heavy (non-hydrogen) atoms. The lowest BCUT2D eigenvalue weighted by molar-refractivity contribution is -0.142. The highest BCUT2D eigenvalue weighted by atomic mass is 35.5. The number of hydrogen-bond donors (Lipinski definition) is 2. The predicted molar refractivity (Wildman–Crippen MR) is 112 cm³/mol. The first-order valence-electron chi connectivity index (χ1n) is 9.96. The van der Waals surface area contributed by atoms with E-state index in [9.17, 15) is 18.3 Å². The number of hydrogen-bond acceptors (Lipinski definition) is 3. The van der Waals surface area contributed by atoms with Crippen LogP contribution in [0.2, 0.25) is 10.0 Å². The smallest absolute Gasteiger partial charge is 0.306 e. The summed E-state index contributed by atoms with van der Waals surface area (Å²) in [6.07, 6.45) is 6.16. The van der Waals surface area contributed by atoms with Crippen LogP contribution in [0.25, 0.3) is 0 Å². The van der Waals surface area contributed by atoms with Gasteiger partial charge in [0.25, 0.3) is 0 Å². The minimum absolute atomic E-state index is 0.0229. The van der Waals surface area contributed by atoms with E-state index in [-0.39, 0.29) is 31.8 Å². The zero-order chi connectivity index (χ0) is 20.8. The van der Waals surface area contributed by atoms with E-state index in [1.54, 1.807) is 6.07 Å². The molecule has 0 aliphatic heterocycles. The van der Waals surface area contributed by atoms with Gasteiger partial charge in [-0.25, -0.2) is 8.42 Å². The maximum Gasteiger partial charge on any atom is 0.306 e. The van der Waals surface area contributed by atoms with Crippen LogP contribution in [0.5, 0.6) is 0 Å². The number of halogens is 2. The molecular weight excluding hydrogens is 433 g/mol. The number of rotatable bonds is 4. The Morgan fingerprint density at radius 3 is 2.28 bits per heavy atom. The molecule has 8 heteroatoms. The lowest BCUT2D eigenvalue weighted by Crippen LogP contribution is -2.22. The molecule has 2 N–H and O–H groups in total. The Bertz CT molecular complexity index is 1030. The Hall–Kier alpha value is -1.50. The van der Waals surface area contributed by atoms with Crippen LogP contribution in [0.1, 0.15) is 61.3 Å². The molecule has 0 unspecified atom stereocenters. The van der Waals surface area contributed by atoms with Crippen molar-refractivity contribution >= 4 is 39.0 Å². The van der Waals surface area contributed by atoms with Gasteiger partial charge in [0, 0.05) is 5.69 Å². The summed E-state index contributed by atoms with van der Waals surface area (Å²) in [6.45, 7) is 0. The van der Waals surface area contributed by atoms with Crippen LogP contribution >= 0.6 is 23.2 Å². The molecule has 1 heterocycles. The highest BCUT2D eigenvalue weighted by molar-refractivity contribution is 7.91. The number of carbonyl (C=O) groups is 1.